The normalized spacial score (nSPS) is 10.6. The number of anilines is 1. The maximum Gasteiger partial charge on any atom is 0.254 e. The number of carbonyl (C=O) groups is 1. The van der Waals surface area contributed by atoms with Crippen LogP contribution in [-0.2, 0) is 9.47 Å². The van der Waals surface area contributed by atoms with E-state index in [0.717, 1.165) is 5.56 Å². The van der Waals surface area contributed by atoms with Crippen molar-refractivity contribution in [2.24, 2.45) is 0 Å². The number of nitrogens with two attached hydrogens (primary N) is 1. The van der Waals surface area contributed by atoms with Gasteiger partial charge in [-0.05, 0) is 44.5 Å². The number of nitrogens with zero attached hydrogens (tertiary/aromatic N) is 1. The minimum absolute atomic E-state index is 0.0162. The molecule has 0 unspecified atom stereocenters. The third-order valence-electron chi connectivity index (χ3n) is 3.22. The van der Waals surface area contributed by atoms with Crippen molar-refractivity contribution in [2.75, 3.05) is 45.3 Å². The number of amides is 1. The van der Waals surface area contributed by atoms with Crippen molar-refractivity contribution in [1.29, 1.82) is 0 Å². The van der Waals surface area contributed by atoms with E-state index in [2.05, 4.69) is 0 Å². The molecule has 2 N–H and O–H groups in total. The van der Waals surface area contributed by atoms with Crippen LogP contribution in [0.15, 0.2) is 18.2 Å². The van der Waals surface area contributed by atoms with Crippen molar-refractivity contribution in [3.8, 4) is 0 Å². The van der Waals surface area contributed by atoms with Crippen molar-refractivity contribution in [1.82, 2.24) is 4.90 Å². The lowest BCUT2D eigenvalue weighted by Gasteiger charge is -2.23. The van der Waals surface area contributed by atoms with E-state index in [1.807, 2.05) is 26.8 Å². The first-order valence-electron chi connectivity index (χ1n) is 7.41. The molecule has 1 rings (SSSR count). The first-order valence-corrected chi connectivity index (χ1v) is 7.41. The first-order chi connectivity index (χ1) is 10.1. The molecule has 0 aliphatic heterocycles. The van der Waals surface area contributed by atoms with Crippen molar-refractivity contribution in [3.63, 3.8) is 0 Å². The van der Waals surface area contributed by atoms with Crippen LogP contribution in [0.4, 0.5) is 5.69 Å². The highest BCUT2D eigenvalue weighted by molar-refractivity contribution is 5.94. The summed E-state index contributed by atoms with van der Waals surface area (Å²) in [5.41, 5.74) is 8.05. The lowest BCUT2D eigenvalue weighted by Crippen LogP contribution is -2.36. The second kappa shape index (κ2) is 9.37. The highest BCUT2D eigenvalue weighted by atomic mass is 16.5. The van der Waals surface area contributed by atoms with E-state index in [1.54, 1.807) is 17.0 Å². The van der Waals surface area contributed by atoms with Gasteiger partial charge in [-0.15, -0.1) is 0 Å². The number of aryl methyl sites for hydroxylation is 1. The number of hydrogen-bond acceptors (Lipinski definition) is 4. The maximum atomic E-state index is 12.6. The third-order valence-corrected chi connectivity index (χ3v) is 3.22. The van der Waals surface area contributed by atoms with Crippen molar-refractivity contribution in [2.45, 2.75) is 20.8 Å². The summed E-state index contributed by atoms with van der Waals surface area (Å²) in [6.45, 7) is 9.25. The van der Waals surface area contributed by atoms with E-state index in [-0.39, 0.29) is 5.91 Å². The molecule has 0 bridgehead atoms. The molecular weight excluding hydrogens is 268 g/mol. The van der Waals surface area contributed by atoms with Gasteiger partial charge in [0, 0.05) is 37.6 Å². The molecule has 0 atom stereocenters. The van der Waals surface area contributed by atoms with Gasteiger partial charge in [-0.1, -0.05) is 0 Å². The van der Waals surface area contributed by atoms with E-state index in [0.29, 0.717) is 50.8 Å². The Morgan fingerprint density at radius 3 is 2.19 bits per heavy atom. The maximum absolute atomic E-state index is 12.6. The summed E-state index contributed by atoms with van der Waals surface area (Å²) in [4.78, 5) is 14.3. The molecule has 5 heteroatoms. The number of nitrogen functional groups attached to an aromatic ring is 1. The second-order valence-electron chi connectivity index (χ2n) is 4.76. The predicted molar refractivity (Wildman–Crippen MR) is 84.5 cm³/mol. The summed E-state index contributed by atoms with van der Waals surface area (Å²) in [7, 11) is 0. The van der Waals surface area contributed by atoms with Crippen molar-refractivity contribution < 1.29 is 14.3 Å². The van der Waals surface area contributed by atoms with E-state index in [9.17, 15) is 4.79 Å². The average Bonchev–Trinajstić information content (AvgIpc) is 2.48. The summed E-state index contributed by atoms with van der Waals surface area (Å²) in [5.74, 6) is -0.0162. The Kier molecular flexibility index (Phi) is 7.79. The van der Waals surface area contributed by atoms with E-state index in [4.69, 9.17) is 15.2 Å². The van der Waals surface area contributed by atoms with Gasteiger partial charge in [0.05, 0.1) is 13.2 Å². The van der Waals surface area contributed by atoms with Crippen LogP contribution in [0, 0.1) is 6.92 Å². The molecule has 0 saturated carbocycles. The van der Waals surface area contributed by atoms with E-state index < -0.39 is 0 Å². The summed E-state index contributed by atoms with van der Waals surface area (Å²) >= 11 is 0. The van der Waals surface area contributed by atoms with Crippen LogP contribution in [0.2, 0.25) is 0 Å². The minimum atomic E-state index is -0.0162. The number of carbonyl (C=O) groups excluding carboxylic acids is 1. The molecule has 0 radical (unpaired) electrons. The molecule has 0 aliphatic rings. The summed E-state index contributed by atoms with van der Waals surface area (Å²) in [6, 6.07) is 5.36. The zero-order chi connectivity index (χ0) is 15.7. The molecule has 0 spiro atoms. The Bertz CT molecular complexity index is 439. The molecule has 0 aromatic heterocycles. The second-order valence-corrected chi connectivity index (χ2v) is 4.76. The highest BCUT2D eigenvalue weighted by Gasteiger charge is 2.16. The fourth-order valence-electron chi connectivity index (χ4n) is 1.94. The Labute approximate surface area is 127 Å². The molecular formula is C16H26N2O3. The molecule has 0 saturated heterocycles. The minimum Gasteiger partial charge on any atom is -0.399 e. The quantitative estimate of drug-likeness (QED) is 0.559. The van der Waals surface area contributed by atoms with Gasteiger partial charge in [0.25, 0.3) is 5.91 Å². The van der Waals surface area contributed by atoms with Crippen LogP contribution < -0.4 is 5.73 Å². The summed E-state index contributed by atoms with van der Waals surface area (Å²) in [6.07, 6.45) is 0. The molecule has 1 aromatic carbocycles. The number of hydrogen-bond donors (Lipinski definition) is 1. The Balaban J connectivity index is 2.73. The molecule has 1 amide bonds. The molecule has 118 valence electrons. The Morgan fingerprint density at radius 2 is 1.71 bits per heavy atom. The predicted octanol–water partition coefficient (Wildman–Crippen LogP) is 2.09. The topological polar surface area (TPSA) is 64.8 Å². The van der Waals surface area contributed by atoms with E-state index >= 15 is 0 Å². The molecule has 5 nitrogen and oxygen atoms in total. The van der Waals surface area contributed by atoms with Gasteiger partial charge in [0.15, 0.2) is 0 Å². The van der Waals surface area contributed by atoms with Crippen LogP contribution in [-0.4, -0.2) is 50.3 Å². The third kappa shape index (κ3) is 5.73. The lowest BCUT2D eigenvalue weighted by atomic mass is 10.1. The zero-order valence-corrected chi connectivity index (χ0v) is 13.2. The molecule has 21 heavy (non-hydrogen) atoms. The standard InChI is InChI=1S/C16H26N2O3/c1-4-20-10-8-18(9-11-21-5-2)16(19)14-6-7-15(17)13(3)12-14/h6-7,12H,4-5,8-11,17H2,1-3H3. The molecule has 0 fully saturated rings. The van der Waals surface area contributed by atoms with E-state index in [1.165, 1.54) is 0 Å². The average molecular weight is 294 g/mol. The van der Waals surface area contributed by atoms with Crippen LogP contribution >= 0.6 is 0 Å². The SMILES string of the molecule is CCOCCN(CCOCC)C(=O)c1ccc(N)c(C)c1. The van der Waals surface area contributed by atoms with Crippen LogP contribution in [0.1, 0.15) is 29.8 Å². The van der Waals surface area contributed by atoms with Crippen LogP contribution in [0.3, 0.4) is 0 Å². The van der Waals surface area contributed by atoms with Gasteiger partial charge in [0.2, 0.25) is 0 Å². The van der Waals surface area contributed by atoms with Gasteiger partial charge < -0.3 is 20.1 Å². The van der Waals surface area contributed by atoms with Crippen molar-refractivity contribution >= 4 is 11.6 Å². The summed E-state index contributed by atoms with van der Waals surface area (Å²) in [5, 5.41) is 0. The Hall–Kier alpha value is -1.59. The highest BCUT2D eigenvalue weighted by Crippen LogP contribution is 2.14. The smallest absolute Gasteiger partial charge is 0.254 e. The monoisotopic (exact) mass is 294 g/mol. The van der Waals surface area contributed by atoms with Crippen LogP contribution in [0.25, 0.3) is 0 Å². The van der Waals surface area contributed by atoms with Crippen LogP contribution in [0.5, 0.6) is 0 Å². The molecule has 0 heterocycles. The summed E-state index contributed by atoms with van der Waals surface area (Å²) < 4.78 is 10.7. The zero-order valence-electron chi connectivity index (χ0n) is 13.2. The van der Waals surface area contributed by atoms with Gasteiger partial charge in [0.1, 0.15) is 0 Å². The van der Waals surface area contributed by atoms with Gasteiger partial charge in [-0.3, -0.25) is 4.79 Å². The molecule has 1 aromatic rings. The fourth-order valence-corrected chi connectivity index (χ4v) is 1.94. The van der Waals surface area contributed by atoms with Gasteiger partial charge in [-0.25, -0.2) is 0 Å². The fraction of sp³-hybridized carbons (Fsp3) is 0.562. The number of benzene rings is 1. The largest absolute Gasteiger partial charge is 0.399 e. The van der Waals surface area contributed by atoms with Crippen molar-refractivity contribution in [3.05, 3.63) is 29.3 Å². The lowest BCUT2D eigenvalue weighted by molar-refractivity contribution is 0.0550. The Morgan fingerprint density at radius 1 is 1.14 bits per heavy atom. The van der Waals surface area contributed by atoms with Gasteiger partial charge >= 0.3 is 0 Å². The molecule has 0 aliphatic carbocycles. The number of ether oxygens (including phenoxy) is 2. The number of rotatable bonds is 9. The first kappa shape index (κ1) is 17.5. The van der Waals surface area contributed by atoms with Gasteiger partial charge in [-0.2, -0.15) is 0 Å².